The lowest BCUT2D eigenvalue weighted by Crippen LogP contribution is -2.39. The third kappa shape index (κ3) is 6.97. The smallest absolute Gasteiger partial charge is 0.410 e. The molecule has 1 aromatic carbocycles. The molecule has 162 valence electrons. The van der Waals surface area contributed by atoms with Gasteiger partial charge in [0, 0.05) is 20.1 Å². The van der Waals surface area contributed by atoms with E-state index < -0.39 is 28.3 Å². The molecule has 0 unspecified atom stereocenters. The van der Waals surface area contributed by atoms with Crippen molar-refractivity contribution in [3.63, 3.8) is 0 Å². The predicted molar refractivity (Wildman–Crippen MR) is 105 cm³/mol. The fraction of sp³-hybridized carbons (Fsp3) is 0.526. The Morgan fingerprint density at radius 3 is 2.59 bits per heavy atom. The average Bonchev–Trinajstić information content (AvgIpc) is 2.59. The zero-order valence-electron chi connectivity index (χ0n) is 16.9. The number of amides is 1. The molecule has 0 saturated heterocycles. The van der Waals surface area contributed by atoms with Gasteiger partial charge in [0.15, 0.2) is 0 Å². The third-order valence-electron chi connectivity index (χ3n) is 4.09. The SMILES string of the molecule is CN(CCNS(=O)(=O)C1=Cc2ccc(OC(F)F)cc2CC1)C(=O)OC(C)(C)C. The number of nitrogens with one attached hydrogen (secondary N) is 1. The number of hydrogen-bond acceptors (Lipinski definition) is 5. The van der Waals surface area contributed by atoms with Crippen molar-refractivity contribution >= 4 is 22.2 Å². The molecule has 1 aliphatic rings. The summed E-state index contributed by atoms with van der Waals surface area (Å²) in [5.74, 6) is 0.0433. The number of likely N-dealkylation sites (N-methyl/N-ethyl adjacent to an activating group) is 1. The van der Waals surface area contributed by atoms with E-state index in [1.165, 1.54) is 30.2 Å². The second kappa shape index (κ2) is 9.08. The lowest BCUT2D eigenvalue weighted by Gasteiger charge is -2.24. The van der Waals surface area contributed by atoms with Gasteiger partial charge in [-0.3, -0.25) is 0 Å². The fourth-order valence-electron chi connectivity index (χ4n) is 2.70. The molecule has 0 atom stereocenters. The predicted octanol–water partition coefficient (Wildman–Crippen LogP) is 3.36. The summed E-state index contributed by atoms with van der Waals surface area (Å²) in [4.78, 5) is 13.4. The molecule has 2 rings (SSSR count). The summed E-state index contributed by atoms with van der Waals surface area (Å²) < 4.78 is 61.8. The van der Waals surface area contributed by atoms with E-state index in [1.807, 2.05) is 0 Å². The number of rotatable bonds is 7. The van der Waals surface area contributed by atoms with Crippen LogP contribution < -0.4 is 9.46 Å². The van der Waals surface area contributed by atoms with Gasteiger partial charge in [-0.05, 0) is 62.9 Å². The molecule has 7 nitrogen and oxygen atoms in total. The monoisotopic (exact) mass is 432 g/mol. The molecule has 1 N–H and O–H groups in total. The van der Waals surface area contributed by atoms with Crippen LogP contribution in [0.5, 0.6) is 5.75 Å². The van der Waals surface area contributed by atoms with E-state index in [-0.39, 0.29) is 30.2 Å². The number of alkyl halides is 2. The van der Waals surface area contributed by atoms with E-state index in [0.717, 1.165) is 5.56 Å². The molecular weight excluding hydrogens is 406 g/mol. The maximum Gasteiger partial charge on any atom is 0.410 e. The Morgan fingerprint density at radius 1 is 1.28 bits per heavy atom. The molecule has 1 aromatic rings. The summed E-state index contributed by atoms with van der Waals surface area (Å²) in [5, 5.41) is 0. The van der Waals surface area contributed by atoms with Crippen LogP contribution in [-0.2, 0) is 21.2 Å². The van der Waals surface area contributed by atoms with E-state index in [0.29, 0.717) is 12.0 Å². The second-order valence-corrected chi connectivity index (χ2v) is 9.47. The quantitative estimate of drug-likeness (QED) is 0.714. The van der Waals surface area contributed by atoms with Crippen LogP contribution in [0, 0.1) is 0 Å². The first kappa shape index (κ1) is 23.1. The van der Waals surface area contributed by atoms with Crippen LogP contribution in [0.1, 0.15) is 38.3 Å². The normalized spacial score (nSPS) is 14.2. The van der Waals surface area contributed by atoms with E-state index in [2.05, 4.69) is 9.46 Å². The van der Waals surface area contributed by atoms with Crippen LogP contribution in [0.4, 0.5) is 13.6 Å². The van der Waals surface area contributed by atoms with Crippen molar-refractivity contribution in [2.24, 2.45) is 0 Å². The number of ether oxygens (including phenoxy) is 2. The Hall–Kier alpha value is -2.20. The lowest BCUT2D eigenvalue weighted by molar-refractivity contribution is -0.0498. The molecule has 0 aromatic heterocycles. The van der Waals surface area contributed by atoms with Gasteiger partial charge in [0.2, 0.25) is 10.0 Å². The van der Waals surface area contributed by atoms with E-state index >= 15 is 0 Å². The summed E-state index contributed by atoms with van der Waals surface area (Å²) in [6.07, 6.45) is 1.61. The van der Waals surface area contributed by atoms with Crippen molar-refractivity contribution < 1.29 is 31.5 Å². The van der Waals surface area contributed by atoms with Crippen molar-refractivity contribution in [3.05, 3.63) is 34.2 Å². The number of halogens is 2. The fourth-order valence-corrected chi connectivity index (χ4v) is 3.90. The first-order valence-corrected chi connectivity index (χ1v) is 10.6. The largest absolute Gasteiger partial charge is 0.444 e. The van der Waals surface area contributed by atoms with Gasteiger partial charge in [0.25, 0.3) is 0 Å². The second-order valence-electron chi connectivity index (χ2n) is 7.65. The number of nitrogens with zero attached hydrogens (tertiary/aromatic N) is 1. The Morgan fingerprint density at radius 2 is 1.97 bits per heavy atom. The van der Waals surface area contributed by atoms with E-state index in [9.17, 15) is 22.0 Å². The van der Waals surface area contributed by atoms with Gasteiger partial charge in [-0.25, -0.2) is 17.9 Å². The highest BCUT2D eigenvalue weighted by Crippen LogP contribution is 2.30. The van der Waals surface area contributed by atoms with Gasteiger partial charge >= 0.3 is 12.7 Å². The number of sulfonamides is 1. The number of hydrogen-bond donors (Lipinski definition) is 1. The van der Waals surface area contributed by atoms with Gasteiger partial charge in [-0.1, -0.05) is 6.07 Å². The average molecular weight is 432 g/mol. The van der Waals surface area contributed by atoms with Crippen molar-refractivity contribution in [1.82, 2.24) is 9.62 Å². The summed E-state index contributed by atoms with van der Waals surface area (Å²) in [6.45, 7) is 2.51. The molecule has 0 bridgehead atoms. The highest BCUT2D eigenvalue weighted by Gasteiger charge is 2.23. The Labute approximate surface area is 169 Å². The van der Waals surface area contributed by atoms with E-state index in [1.54, 1.807) is 26.8 Å². The maximum absolute atomic E-state index is 12.6. The third-order valence-corrected chi connectivity index (χ3v) is 5.68. The molecule has 1 amide bonds. The first-order valence-electron chi connectivity index (χ1n) is 9.09. The topological polar surface area (TPSA) is 84.9 Å². The van der Waals surface area contributed by atoms with Crippen molar-refractivity contribution in [1.29, 1.82) is 0 Å². The summed E-state index contributed by atoms with van der Waals surface area (Å²) in [6, 6.07) is 4.42. The zero-order valence-corrected chi connectivity index (χ0v) is 17.7. The van der Waals surface area contributed by atoms with Gasteiger partial charge in [0.05, 0.1) is 4.91 Å². The molecule has 0 fully saturated rings. The molecule has 0 aliphatic heterocycles. The molecule has 1 aliphatic carbocycles. The minimum Gasteiger partial charge on any atom is -0.444 e. The van der Waals surface area contributed by atoms with Gasteiger partial charge < -0.3 is 14.4 Å². The van der Waals surface area contributed by atoms with E-state index in [4.69, 9.17) is 4.74 Å². The summed E-state index contributed by atoms with van der Waals surface area (Å²) in [7, 11) is -2.21. The number of aryl methyl sites for hydroxylation is 1. The highest BCUT2D eigenvalue weighted by molar-refractivity contribution is 7.93. The summed E-state index contributed by atoms with van der Waals surface area (Å²) in [5.41, 5.74) is 0.752. The zero-order chi connectivity index (χ0) is 21.8. The van der Waals surface area contributed by atoms with Gasteiger partial charge in [-0.15, -0.1) is 0 Å². The Kier molecular flexibility index (Phi) is 7.23. The molecule has 29 heavy (non-hydrogen) atoms. The van der Waals surface area contributed by atoms with Crippen LogP contribution in [0.2, 0.25) is 0 Å². The molecule has 0 radical (unpaired) electrons. The lowest BCUT2D eigenvalue weighted by atomic mass is 9.97. The standard InChI is InChI=1S/C19H26F2N2O5S/c1-19(2,3)28-18(24)23(4)10-9-22-29(25,26)16-8-6-13-11-15(27-17(20)21)7-5-14(13)12-16/h5,7,11-12,17,22H,6,8-10H2,1-4H3. The molecular formula is C19H26F2N2O5S. The maximum atomic E-state index is 12.6. The molecule has 0 saturated carbocycles. The van der Waals surface area contributed by atoms with Crippen molar-refractivity contribution in [2.45, 2.75) is 45.8 Å². The highest BCUT2D eigenvalue weighted by atomic mass is 32.2. The number of fused-ring (bicyclic) bond motifs is 1. The number of carbonyl (C=O) groups is 1. The van der Waals surface area contributed by atoms with Crippen LogP contribution >= 0.6 is 0 Å². The minimum absolute atomic E-state index is 0.0312. The van der Waals surface area contributed by atoms with Crippen LogP contribution in [0.25, 0.3) is 6.08 Å². The van der Waals surface area contributed by atoms with Crippen LogP contribution in [-0.4, -0.2) is 51.8 Å². The number of carbonyl (C=O) groups excluding carboxylic acids is 1. The Bertz CT molecular complexity index is 879. The Balaban J connectivity index is 1.98. The molecule has 0 heterocycles. The van der Waals surface area contributed by atoms with Gasteiger partial charge in [0.1, 0.15) is 11.4 Å². The van der Waals surface area contributed by atoms with Crippen molar-refractivity contribution in [3.8, 4) is 5.75 Å². The van der Waals surface area contributed by atoms with Crippen LogP contribution in [0.3, 0.4) is 0 Å². The first-order chi connectivity index (χ1) is 13.4. The minimum atomic E-state index is -3.73. The summed E-state index contributed by atoms with van der Waals surface area (Å²) >= 11 is 0. The molecule has 10 heteroatoms. The number of benzene rings is 1. The number of allylic oxidation sites excluding steroid dienone is 1. The van der Waals surface area contributed by atoms with Crippen molar-refractivity contribution in [2.75, 3.05) is 20.1 Å². The van der Waals surface area contributed by atoms with Gasteiger partial charge in [-0.2, -0.15) is 8.78 Å². The van der Waals surface area contributed by atoms with Crippen LogP contribution in [0.15, 0.2) is 23.1 Å². The molecule has 0 spiro atoms.